The lowest BCUT2D eigenvalue weighted by molar-refractivity contribution is 0.568. The summed E-state index contributed by atoms with van der Waals surface area (Å²) in [4.78, 5) is 4.18. The smallest absolute Gasteiger partial charge is 0.181 e. The summed E-state index contributed by atoms with van der Waals surface area (Å²) in [7, 11) is 0. The number of nitrogens with zero attached hydrogens (tertiary/aromatic N) is 1. The summed E-state index contributed by atoms with van der Waals surface area (Å²) >= 11 is 3.34. The lowest BCUT2D eigenvalue weighted by atomic mass is 10.1. The molecular formula is C13H14BrFN2O. The standard InChI is InChI=1S/C13H14BrFN2O/c1-2-5-16-7-12-13(18-8-17-12)10-4-3-9(15)6-11(10)14/h3-4,6,8,16H,2,5,7H2,1H3. The third-order valence-corrected chi connectivity index (χ3v) is 3.19. The molecule has 0 spiro atoms. The van der Waals surface area contributed by atoms with Crippen molar-refractivity contribution < 1.29 is 8.81 Å². The van der Waals surface area contributed by atoms with Crippen molar-refractivity contribution in [2.45, 2.75) is 19.9 Å². The van der Waals surface area contributed by atoms with Gasteiger partial charge in [0.2, 0.25) is 0 Å². The van der Waals surface area contributed by atoms with Gasteiger partial charge >= 0.3 is 0 Å². The first kappa shape index (κ1) is 13.2. The largest absolute Gasteiger partial charge is 0.443 e. The van der Waals surface area contributed by atoms with E-state index in [1.807, 2.05) is 0 Å². The van der Waals surface area contributed by atoms with Gasteiger partial charge in [0.1, 0.15) is 11.5 Å². The fourth-order valence-electron chi connectivity index (χ4n) is 1.67. The Morgan fingerprint density at radius 3 is 3.00 bits per heavy atom. The topological polar surface area (TPSA) is 38.1 Å². The molecule has 0 amide bonds. The van der Waals surface area contributed by atoms with Crippen LogP contribution >= 0.6 is 15.9 Å². The summed E-state index contributed by atoms with van der Waals surface area (Å²) < 4.78 is 19.1. The molecule has 3 nitrogen and oxygen atoms in total. The highest BCUT2D eigenvalue weighted by Crippen LogP contribution is 2.30. The van der Waals surface area contributed by atoms with Crippen molar-refractivity contribution in [2.75, 3.05) is 6.54 Å². The highest BCUT2D eigenvalue weighted by molar-refractivity contribution is 9.10. The zero-order chi connectivity index (χ0) is 13.0. The molecule has 1 aromatic carbocycles. The van der Waals surface area contributed by atoms with E-state index in [1.165, 1.54) is 18.5 Å². The van der Waals surface area contributed by atoms with Gasteiger partial charge in [0.25, 0.3) is 0 Å². The molecule has 2 aromatic rings. The second kappa shape index (κ2) is 6.11. The molecule has 0 atom stereocenters. The van der Waals surface area contributed by atoms with E-state index >= 15 is 0 Å². The molecule has 5 heteroatoms. The molecule has 96 valence electrons. The van der Waals surface area contributed by atoms with E-state index in [-0.39, 0.29) is 5.82 Å². The average molecular weight is 313 g/mol. The quantitative estimate of drug-likeness (QED) is 0.855. The Bertz CT molecular complexity index is 527. The predicted octanol–water partition coefficient (Wildman–Crippen LogP) is 3.74. The summed E-state index contributed by atoms with van der Waals surface area (Å²) in [6.45, 7) is 3.67. The highest BCUT2D eigenvalue weighted by atomic mass is 79.9. The first-order chi connectivity index (χ1) is 8.72. The van der Waals surface area contributed by atoms with Crippen LogP contribution in [0.15, 0.2) is 33.5 Å². The lowest BCUT2D eigenvalue weighted by Crippen LogP contribution is -2.14. The predicted molar refractivity (Wildman–Crippen MR) is 71.6 cm³/mol. The maximum absolute atomic E-state index is 13.0. The molecule has 0 aliphatic carbocycles. The molecule has 0 radical (unpaired) electrons. The van der Waals surface area contributed by atoms with Crippen LogP contribution in [0.3, 0.4) is 0 Å². The Hall–Kier alpha value is -1.20. The molecule has 1 aromatic heterocycles. The van der Waals surface area contributed by atoms with Crippen molar-refractivity contribution in [1.29, 1.82) is 0 Å². The summed E-state index contributed by atoms with van der Waals surface area (Å²) in [5.41, 5.74) is 1.64. The Kier molecular flexibility index (Phi) is 4.49. The monoisotopic (exact) mass is 312 g/mol. The molecule has 0 unspecified atom stereocenters. The van der Waals surface area contributed by atoms with Gasteiger partial charge in [-0.05, 0) is 47.1 Å². The van der Waals surface area contributed by atoms with E-state index in [4.69, 9.17) is 4.42 Å². The molecule has 0 aliphatic heterocycles. The van der Waals surface area contributed by atoms with E-state index in [2.05, 4.69) is 33.2 Å². The Morgan fingerprint density at radius 1 is 1.44 bits per heavy atom. The summed E-state index contributed by atoms with van der Waals surface area (Å²) in [5, 5.41) is 3.27. The number of hydrogen-bond donors (Lipinski definition) is 1. The van der Waals surface area contributed by atoms with Crippen LogP contribution in [0.25, 0.3) is 11.3 Å². The average Bonchev–Trinajstić information content (AvgIpc) is 2.78. The van der Waals surface area contributed by atoms with E-state index in [0.717, 1.165) is 24.2 Å². The minimum Gasteiger partial charge on any atom is -0.443 e. The normalized spacial score (nSPS) is 10.8. The Morgan fingerprint density at radius 2 is 2.28 bits per heavy atom. The molecule has 1 heterocycles. The molecule has 18 heavy (non-hydrogen) atoms. The Labute approximate surface area is 114 Å². The minimum atomic E-state index is -0.282. The highest BCUT2D eigenvalue weighted by Gasteiger charge is 2.13. The first-order valence-corrected chi connectivity index (χ1v) is 6.60. The van der Waals surface area contributed by atoms with Crippen molar-refractivity contribution >= 4 is 15.9 Å². The number of aromatic nitrogens is 1. The van der Waals surface area contributed by atoms with Crippen molar-refractivity contribution in [3.05, 3.63) is 40.6 Å². The zero-order valence-electron chi connectivity index (χ0n) is 10.0. The molecule has 2 rings (SSSR count). The third-order valence-electron chi connectivity index (χ3n) is 2.54. The van der Waals surface area contributed by atoms with Gasteiger partial charge < -0.3 is 9.73 Å². The molecule has 1 N–H and O–H groups in total. The van der Waals surface area contributed by atoms with Gasteiger partial charge in [0, 0.05) is 16.6 Å². The van der Waals surface area contributed by atoms with Crippen molar-refractivity contribution in [1.82, 2.24) is 10.3 Å². The second-order valence-corrected chi connectivity index (χ2v) is 4.78. The van der Waals surface area contributed by atoms with Crippen LogP contribution < -0.4 is 5.32 Å². The van der Waals surface area contributed by atoms with Gasteiger partial charge in [-0.2, -0.15) is 0 Å². The van der Waals surface area contributed by atoms with Crippen molar-refractivity contribution in [2.24, 2.45) is 0 Å². The number of benzene rings is 1. The van der Waals surface area contributed by atoms with Gasteiger partial charge in [0.15, 0.2) is 12.2 Å². The summed E-state index contributed by atoms with van der Waals surface area (Å²) in [6.07, 6.45) is 2.47. The fraction of sp³-hybridized carbons (Fsp3) is 0.308. The van der Waals surface area contributed by atoms with E-state index < -0.39 is 0 Å². The molecular weight excluding hydrogens is 299 g/mol. The van der Waals surface area contributed by atoms with Gasteiger partial charge in [-0.1, -0.05) is 6.92 Å². The molecule has 0 saturated carbocycles. The van der Waals surface area contributed by atoms with Gasteiger partial charge in [-0.3, -0.25) is 0 Å². The number of hydrogen-bond acceptors (Lipinski definition) is 3. The maximum Gasteiger partial charge on any atom is 0.181 e. The van der Waals surface area contributed by atoms with Crippen LogP contribution in [-0.2, 0) is 6.54 Å². The lowest BCUT2D eigenvalue weighted by Gasteiger charge is -2.05. The summed E-state index contributed by atoms with van der Waals surface area (Å²) in [5.74, 6) is 0.390. The number of rotatable bonds is 5. The Balaban J connectivity index is 2.25. The van der Waals surface area contributed by atoms with Crippen LogP contribution in [0.1, 0.15) is 19.0 Å². The molecule has 0 aliphatic rings. The maximum atomic E-state index is 13.0. The van der Waals surface area contributed by atoms with Crippen molar-refractivity contribution in [3.8, 4) is 11.3 Å². The van der Waals surface area contributed by atoms with Crippen LogP contribution in [0.5, 0.6) is 0 Å². The van der Waals surface area contributed by atoms with Crippen LogP contribution in [0.4, 0.5) is 4.39 Å². The zero-order valence-corrected chi connectivity index (χ0v) is 11.6. The van der Waals surface area contributed by atoms with Crippen LogP contribution in [0, 0.1) is 5.82 Å². The van der Waals surface area contributed by atoms with Gasteiger partial charge in [0.05, 0.1) is 0 Å². The SMILES string of the molecule is CCCNCc1ncoc1-c1ccc(F)cc1Br. The van der Waals surface area contributed by atoms with Gasteiger partial charge in [-0.25, -0.2) is 9.37 Å². The molecule has 0 bridgehead atoms. The first-order valence-electron chi connectivity index (χ1n) is 5.81. The van der Waals surface area contributed by atoms with Gasteiger partial charge in [-0.15, -0.1) is 0 Å². The molecule has 0 saturated heterocycles. The van der Waals surface area contributed by atoms with Crippen molar-refractivity contribution in [3.63, 3.8) is 0 Å². The minimum absolute atomic E-state index is 0.282. The fourth-order valence-corrected chi connectivity index (χ4v) is 2.20. The number of nitrogens with one attached hydrogen (secondary N) is 1. The van der Waals surface area contributed by atoms with Crippen LogP contribution in [-0.4, -0.2) is 11.5 Å². The third kappa shape index (κ3) is 2.97. The van der Waals surface area contributed by atoms with E-state index in [9.17, 15) is 4.39 Å². The number of halogens is 2. The number of oxazole rings is 1. The van der Waals surface area contributed by atoms with E-state index in [1.54, 1.807) is 6.07 Å². The second-order valence-electron chi connectivity index (χ2n) is 3.93. The van der Waals surface area contributed by atoms with Crippen LogP contribution in [0.2, 0.25) is 0 Å². The van der Waals surface area contributed by atoms with E-state index in [0.29, 0.717) is 16.8 Å². The molecule has 0 fully saturated rings. The summed E-state index contributed by atoms with van der Waals surface area (Å²) in [6, 6.07) is 4.51.